The third-order valence-corrected chi connectivity index (χ3v) is 2.64. The molecule has 0 bridgehead atoms. The van der Waals surface area contributed by atoms with Crippen LogP contribution >= 0.6 is 0 Å². The van der Waals surface area contributed by atoms with E-state index < -0.39 is 12.0 Å². The second kappa shape index (κ2) is 6.57. The molecule has 10 heteroatoms. The maximum atomic E-state index is 12.8. The monoisotopic (exact) mass is 306 g/mol. The molecule has 0 aromatic carbocycles. The molecule has 1 heterocycles. The number of nitrogens with one attached hydrogen (secondary N) is 1. The minimum atomic E-state index is -4.70. The van der Waals surface area contributed by atoms with Crippen LogP contribution in [0.1, 0.15) is 12.7 Å². The molecule has 0 saturated heterocycles. The van der Waals surface area contributed by atoms with Crippen LogP contribution in [0.3, 0.4) is 0 Å². The van der Waals surface area contributed by atoms with Gasteiger partial charge in [0.25, 0.3) is 0 Å². The first-order valence-corrected chi connectivity index (χ1v) is 6.07. The topological polar surface area (TPSA) is 87.4 Å². The standard InChI is InChI=1S/C11H17F3N6O/c1-4-20(6-9(21)19(2)3)8-5-7(18-15)16-10(17-8)11(12,13)14/h5H,4,6,15H2,1-3H3,(H,16,17,18). The minimum Gasteiger partial charge on any atom is -0.347 e. The van der Waals surface area contributed by atoms with E-state index in [1.54, 1.807) is 21.0 Å². The predicted molar refractivity (Wildman–Crippen MR) is 71.4 cm³/mol. The van der Waals surface area contributed by atoms with Crippen LogP contribution in [-0.2, 0) is 11.0 Å². The van der Waals surface area contributed by atoms with Crippen molar-refractivity contribution in [1.82, 2.24) is 14.9 Å². The Morgan fingerprint density at radius 3 is 2.43 bits per heavy atom. The summed E-state index contributed by atoms with van der Waals surface area (Å²) in [5.41, 5.74) is 2.06. The summed E-state index contributed by atoms with van der Waals surface area (Å²) in [6.45, 7) is 1.91. The number of alkyl halides is 3. The number of halogens is 3. The number of anilines is 2. The molecule has 0 saturated carbocycles. The molecule has 0 aliphatic heterocycles. The van der Waals surface area contributed by atoms with Crippen LogP contribution in [0.5, 0.6) is 0 Å². The number of carbonyl (C=O) groups is 1. The first kappa shape index (κ1) is 17.0. The maximum Gasteiger partial charge on any atom is 0.451 e. The zero-order chi connectivity index (χ0) is 16.2. The van der Waals surface area contributed by atoms with Gasteiger partial charge in [-0.3, -0.25) is 4.79 Å². The minimum absolute atomic E-state index is 0.0250. The molecule has 0 fully saturated rings. The Morgan fingerprint density at radius 1 is 1.38 bits per heavy atom. The second-order valence-electron chi connectivity index (χ2n) is 4.38. The van der Waals surface area contributed by atoms with Crippen molar-refractivity contribution in [3.05, 3.63) is 11.9 Å². The molecule has 7 nitrogen and oxygen atoms in total. The molecule has 0 atom stereocenters. The molecule has 1 aromatic rings. The third-order valence-electron chi connectivity index (χ3n) is 2.64. The Hall–Kier alpha value is -2.10. The van der Waals surface area contributed by atoms with Crippen molar-refractivity contribution in [1.29, 1.82) is 0 Å². The van der Waals surface area contributed by atoms with Crippen molar-refractivity contribution in [2.75, 3.05) is 37.5 Å². The van der Waals surface area contributed by atoms with Crippen molar-refractivity contribution in [2.45, 2.75) is 13.1 Å². The molecule has 1 aromatic heterocycles. The van der Waals surface area contributed by atoms with Crippen LogP contribution in [0.15, 0.2) is 6.07 Å². The normalized spacial score (nSPS) is 11.2. The number of carbonyl (C=O) groups excluding carboxylic acids is 1. The lowest BCUT2D eigenvalue weighted by atomic mass is 10.4. The number of rotatable bonds is 5. The number of likely N-dealkylation sites (N-methyl/N-ethyl adjacent to an activating group) is 2. The van der Waals surface area contributed by atoms with Crippen molar-refractivity contribution in [2.24, 2.45) is 5.84 Å². The van der Waals surface area contributed by atoms with E-state index in [1.165, 1.54) is 15.9 Å². The maximum absolute atomic E-state index is 12.8. The van der Waals surface area contributed by atoms with E-state index in [0.717, 1.165) is 0 Å². The van der Waals surface area contributed by atoms with Gasteiger partial charge in [-0.2, -0.15) is 13.2 Å². The number of hydrogen-bond donors (Lipinski definition) is 2. The Labute approximate surface area is 119 Å². The summed E-state index contributed by atoms with van der Waals surface area (Å²) < 4.78 is 38.3. The van der Waals surface area contributed by atoms with Gasteiger partial charge in [-0.25, -0.2) is 15.8 Å². The summed E-state index contributed by atoms with van der Waals surface area (Å²) in [7, 11) is 3.12. The van der Waals surface area contributed by atoms with E-state index in [-0.39, 0.29) is 24.1 Å². The fourth-order valence-electron chi connectivity index (χ4n) is 1.46. The van der Waals surface area contributed by atoms with Gasteiger partial charge in [-0.05, 0) is 6.92 Å². The molecule has 0 spiro atoms. The molecule has 0 unspecified atom stereocenters. The molecule has 1 amide bonds. The number of nitrogens with zero attached hydrogens (tertiary/aromatic N) is 4. The number of amides is 1. The van der Waals surface area contributed by atoms with E-state index in [4.69, 9.17) is 5.84 Å². The summed E-state index contributed by atoms with van der Waals surface area (Å²) >= 11 is 0. The van der Waals surface area contributed by atoms with E-state index in [0.29, 0.717) is 6.54 Å². The highest BCUT2D eigenvalue weighted by atomic mass is 19.4. The lowest BCUT2D eigenvalue weighted by Gasteiger charge is -2.24. The van der Waals surface area contributed by atoms with Crippen LogP contribution in [0.25, 0.3) is 0 Å². The number of aromatic nitrogens is 2. The van der Waals surface area contributed by atoms with Crippen molar-refractivity contribution >= 4 is 17.5 Å². The number of nitrogens with two attached hydrogens (primary N) is 1. The smallest absolute Gasteiger partial charge is 0.347 e. The fraction of sp³-hybridized carbons (Fsp3) is 0.545. The fourth-order valence-corrected chi connectivity index (χ4v) is 1.46. The molecule has 21 heavy (non-hydrogen) atoms. The molecule has 1 rings (SSSR count). The van der Waals surface area contributed by atoms with Gasteiger partial charge in [0, 0.05) is 26.7 Å². The van der Waals surface area contributed by atoms with Gasteiger partial charge < -0.3 is 15.2 Å². The highest BCUT2D eigenvalue weighted by Gasteiger charge is 2.36. The lowest BCUT2D eigenvalue weighted by Crippen LogP contribution is -2.37. The van der Waals surface area contributed by atoms with Gasteiger partial charge >= 0.3 is 6.18 Å². The van der Waals surface area contributed by atoms with Gasteiger partial charge in [0.2, 0.25) is 11.7 Å². The molecule has 0 aliphatic carbocycles. The van der Waals surface area contributed by atoms with Crippen LogP contribution in [0.4, 0.5) is 24.8 Å². The summed E-state index contributed by atoms with van der Waals surface area (Å²) in [6, 6.07) is 1.25. The Morgan fingerprint density at radius 2 is 2.00 bits per heavy atom. The number of hydrogen-bond acceptors (Lipinski definition) is 6. The van der Waals surface area contributed by atoms with Crippen LogP contribution in [0.2, 0.25) is 0 Å². The SMILES string of the molecule is CCN(CC(=O)N(C)C)c1cc(NN)nc(C(F)(F)F)n1. The van der Waals surface area contributed by atoms with Gasteiger partial charge in [-0.15, -0.1) is 0 Å². The predicted octanol–water partition coefficient (Wildman–Crippen LogP) is 0.695. The Balaban J connectivity index is 3.17. The zero-order valence-electron chi connectivity index (χ0n) is 11.9. The van der Waals surface area contributed by atoms with Crippen molar-refractivity contribution in [3.63, 3.8) is 0 Å². The van der Waals surface area contributed by atoms with E-state index in [2.05, 4.69) is 15.4 Å². The summed E-state index contributed by atoms with van der Waals surface area (Å²) in [4.78, 5) is 21.2. The van der Waals surface area contributed by atoms with E-state index >= 15 is 0 Å². The molecular weight excluding hydrogens is 289 g/mol. The average molecular weight is 306 g/mol. The van der Waals surface area contributed by atoms with E-state index in [1.807, 2.05) is 0 Å². The molecule has 3 N–H and O–H groups in total. The Bertz CT molecular complexity index is 505. The highest BCUT2D eigenvalue weighted by Crippen LogP contribution is 2.29. The first-order valence-electron chi connectivity index (χ1n) is 6.07. The largest absolute Gasteiger partial charge is 0.451 e. The summed E-state index contributed by atoms with van der Waals surface area (Å²) in [5, 5.41) is 0. The average Bonchev–Trinajstić information content (AvgIpc) is 2.42. The Kier molecular flexibility index (Phi) is 5.30. The molecular formula is C11H17F3N6O. The zero-order valence-corrected chi connectivity index (χ0v) is 11.9. The van der Waals surface area contributed by atoms with Gasteiger partial charge in [0.05, 0.1) is 6.54 Å². The molecule has 0 aliphatic rings. The quantitative estimate of drug-likeness (QED) is 0.615. The lowest BCUT2D eigenvalue weighted by molar-refractivity contribution is -0.144. The highest BCUT2D eigenvalue weighted by molar-refractivity contribution is 5.80. The molecule has 118 valence electrons. The van der Waals surface area contributed by atoms with Gasteiger partial charge in [0.1, 0.15) is 11.6 Å². The van der Waals surface area contributed by atoms with Crippen LogP contribution in [-0.4, -0.2) is 48.0 Å². The first-order chi connectivity index (χ1) is 9.68. The van der Waals surface area contributed by atoms with Crippen molar-refractivity contribution in [3.8, 4) is 0 Å². The number of hydrazine groups is 1. The van der Waals surface area contributed by atoms with E-state index in [9.17, 15) is 18.0 Å². The summed E-state index contributed by atoms with van der Waals surface area (Å²) in [6.07, 6.45) is -4.70. The second-order valence-corrected chi connectivity index (χ2v) is 4.38. The summed E-state index contributed by atoms with van der Waals surface area (Å²) in [5.74, 6) is 3.34. The van der Waals surface area contributed by atoms with Gasteiger partial charge in [-0.1, -0.05) is 0 Å². The molecule has 0 radical (unpaired) electrons. The number of nitrogen functional groups attached to an aromatic ring is 1. The van der Waals surface area contributed by atoms with Crippen molar-refractivity contribution < 1.29 is 18.0 Å². The van der Waals surface area contributed by atoms with Crippen LogP contribution in [0, 0.1) is 0 Å². The van der Waals surface area contributed by atoms with Gasteiger partial charge in [0.15, 0.2) is 0 Å². The van der Waals surface area contributed by atoms with Crippen LogP contribution < -0.4 is 16.2 Å². The third kappa shape index (κ3) is 4.45.